The normalized spacial score (nSPS) is 12.0. The Hall–Kier alpha value is -2.50. The molecule has 1 aliphatic rings. The van der Waals surface area contributed by atoms with Crippen molar-refractivity contribution < 1.29 is 18.3 Å². The molecule has 130 valence electrons. The first kappa shape index (κ1) is 17.3. The lowest BCUT2D eigenvalue weighted by atomic mass is 10.2. The quantitative estimate of drug-likeness (QED) is 0.725. The zero-order valence-corrected chi connectivity index (χ0v) is 14.1. The topological polar surface area (TPSA) is 43.6 Å². The molecule has 3 aromatic rings. The van der Waals surface area contributed by atoms with Crippen molar-refractivity contribution in [2.75, 3.05) is 6.79 Å². The first-order chi connectivity index (χ1) is 11.8. The van der Waals surface area contributed by atoms with Gasteiger partial charge in [0.1, 0.15) is 17.3 Å². The standard InChI is InChI=1S/C19H16FNO3.ClH/c20-15-4-2-14(3-5-15)17-8-6-16(24-17)11-21-10-13-1-7-18-19(9-13)23-12-22-18;/h1-9,21H,10-12H2;1H. The van der Waals surface area contributed by atoms with E-state index < -0.39 is 0 Å². The summed E-state index contributed by atoms with van der Waals surface area (Å²) in [5, 5.41) is 3.33. The van der Waals surface area contributed by atoms with Crippen LogP contribution in [0.4, 0.5) is 4.39 Å². The summed E-state index contributed by atoms with van der Waals surface area (Å²) in [6, 6.07) is 16.0. The molecule has 0 unspecified atom stereocenters. The number of halogens is 2. The third kappa shape index (κ3) is 3.95. The van der Waals surface area contributed by atoms with Crippen LogP contribution in [0.5, 0.6) is 11.5 Å². The molecule has 1 aliphatic heterocycles. The maximum Gasteiger partial charge on any atom is 0.231 e. The number of furan rings is 1. The van der Waals surface area contributed by atoms with Gasteiger partial charge in [-0.25, -0.2) is 4.39 Å². The van der Waals surface area contributed by atoms with Crippen molar-refractivity contribution in [2.24, 2.45) is 0 Å². The van der Waals surface area contributed by atoms with E-state index in [0.29, 0.717) is 13.1 Å². The van der Waals surface area contributed by atoms with Crippen molar-refractivity contribution in [3.8, 4) is 22.8 Å². The molecule has 0 bridgehead atoms. The summed E-state index contributed by atoms with van der Waals surface area (Å²) in [5.41, 5.74) is 1.97. The third-order valence-corrected chi connectivity index (χ3v) is 3.86. The van der Waals surface area contributed by atoms with Crippen LogP contribution in [-0.2, 0) is 13.1 Å². The Balaban J connectivity index is 0.00000182. The van der Waals surface area contributed by atoms with Crippen LogP contribution in [0, 0.1) is 5.82 Å². The molecule has 4 rings (SSSR count). The molecule has 4 nitrogen and oxygen atoms in total. The van der Waals surface area contributed by atoms with Crippen molar-refractivity contribution in [3.05, 3.63) is 71.7 Å². The molecule has 6 heteroatoms. The number of benzene rings is 2. The average molecular weight is 362 g/mol. The van der Waals surface area contributed by atoms with Gasteiger partial charge in [0, 0.05) is 12.1 Å². The highest BCUT2D eigenvalue weighted by Crippen LogP contribution is 2.32. The Morgan fingerprint density at radius 2 is 1.68 bits per heavy atom. The molecule has 1 N–H and O–H groups in total. The van der Waals surface area contributed by atoms with Crippen LogP contribution < -0.4 is 14.8 Å². The van der Waals surface area contributed by atoms with E-state index in [1.807, 2.05) is 30.3 Å². The molecule has 2 aromatic carbocycles. The van der Waals surface area contributed by atoms with Crippen LogP contribution in [-0.4, -0.2) is 6.79 Å². The minimum Gasteiger partial charge on any atom is -0.460 e. The molecule has 0 atom stereocenters. The fourth-order valence-electron chi connectivity index (χ4n) is 2.62. The Bertz CT molecular complexity index is 848. The minimum atomic E-state index is -0.254. The summed E-state index contributed by atoms with van der Waals surface area (Å²) in [4.78, 5) is 0. The predicted molar refractivity (Wildman–Crippen MR) is 94.5 cm³/mol. The molecular weight excluding hydrogens is 345 g/mol. The Labute approximate surface area is 151 Å². The van der Waals surface area contributed by atoms with E-state index in [4.69, 9.17) is 13.9 Å². The number of nitrogens with one attached hydrogen (secondary N) is 1. The molecule has 0 saturated carbocycles. The Kier molecular flexibility index (Phi) is 5.26. The summed E-state index contributed by atoms with van der Waals surface area (Å²) >= 11 is 0. The highest BCUT2D eigenvalue weighted by Gasteiger charge is 2.13. The number of hydrogen-bond donors (Lipinski definition) is 1. The lowest BCUT2D eigenvalue weighted by Gasteiger charge is -2.04. The van der Waals surface area contributed by atoms with E-state index in [0.717, 1.165) is 34.1 Å². The van der Waals surface area contributed by atoms with Crippen LogP contribution in [0.15, 0.2) is 59.0 Å². The smallest absolute Gasteiger partial charge is 0.231 e. The second-order valence-corrected chi connectivity index (χ2v) is 5.56. The van der Waals surface area contributed by atoms with Gasteiger partial charge in [-0.2, -0.15) is 0 Å². The van der Waals surface area contributed by atoms with Crippen molar-refractivity contribution in [1.82, 2.24) is 5.32 Å². The molecule has 0 aliphatic carbocycles. The SMILES string of the molecule is Cl.Fc1ccc(-c2ccc(CNCc3ccc4c(c3)OCO4)o2)cc1. The third-order valence-electron chi connectivity index (χ3n) is 3.86. The van der Waals surface area contributed by atoms with Gasteiger partial charge in [-0.3, -0.25) is 0 Å². The Morgan fingerprint density at radius 3 is 2.52 bits per heavy atom. The number of ether oxygens (including phenoxy) is 2. The summed E-state index contributed by atoms with van der Waals surface area (Å²) in [6.45, 7) is 1.59. The van der Waals surface area contributed by atoms with Crippen LogP contribution in [0.2, 0.25) is 0 Å². The molecule has 1 aromatic heterocycles. The lowest BCUT2D eigenvalue weighted by molar-refractivity contribution is 0.174. The van der Waals surface area contributed by atoms with Gasteiger partial charge in [-0.15, -0.1) is 12.4 Å². The molecule has 0 radical (unpaired) electrons. The van der Waals surface area contributed by atoms with Gasteiger partial charge in [-0.1, -0.05) is 6.07 Å². The molecule has 0 spiro atoms. The van der Waals surface area contributed by atoms with Gasteiger partial charge < -0.3 is 19.2 Å². The highest BCUT2D eigenvalue weighted by atomic mass is 35.5. The van der Waals surface area contributed by atoms with E-state index in [9.17, 15) is 4.39 Å². The fourth-order valence-corrected chi connectivity index (χ4v) is 2.62. The van der Waals surface area contributed by atoms with Crippen LogP contribution >= 0.6 is 12.4 Å². The van der Waals surface area contributed by atoms with Crippen LogP contribution in [0.25, 0.3) is 11.3 Å². The predicted octanol–water partition coefficient (Wildman–Crippen LogP) is 4.53. The van der Waals surface area contributed by atoms with Crippen LogP contribution in [0.3, 0.4) is 0 Å². The van der Waals surface area contributed by atoms with E-state index in [2.05, 4.69) is 5.32 Å². The largest absolute Gasteiger partial charge is 0.460 e. The molecule has 0 fully saturated rings. The first-order valence-electron chi connectivity index (χ1n) is 7.72. The molecule has 25 heavy (non-hydrogen) atoms. The second-order valence-electron chi connectivity index (χ2n) is 5.56. The van der Waals surface area contributed by atoms with Crippen molar-refractivity contribution in [2.45, 2.75) is 13.1 Å². The molecule has 0 saturated heterocycles. The van der Waals surface area contributed by atoms with Gasteiger partial charge in [-0.05, 0) is 54.1 Å². The summed E-state index contributed by atoms with van der Waals surface area (Å²) < 4.78 is 29.4. The zero-order chi connectivity index (χ0) is 16.4. The maximum atomic E-state index is 13.0. The van der Waals surface area contributed by atoms with Gasteiger partial charge in [0.05, 0.1) is 6.54 Å². The van der Waals surface area contributed by atoms with Gasteiger partial charge in [0.2, 0.25) is 6.79 Å². The van der Waals surface area contributed by atoms with E-state index in [1.165, 1.54) is 12.1 Å². The second kappa shape index (κ2) is 7.59. The van der Waals surface area contributed by atoms with Gasteiger partial charge in [0.15, 0.2) is 11.5 Å². The summed E-state index contributed by atoms with van der Waals surface area (Å²) in [6.07, 6.45) is 0. The number of rotatable bonds is 5. The minimum absolute atomic E-state index is 0. The zero-order valence-electron chi connectivity index (χ0n) is 13.3. The van der Waals surface area contributed by atoms with E-state index in [-0.39, 0.29) is 25.0 Å². The Morgan fingerprint density at radius 1 is 0.880 bits per heavy atom. The first-order valence-corrected chi connectivity index (χ1v) is 7.72. The summed E-state index contributed by atoms with van der Waals surface area (Å²) in [5.74, 6) is 2.88. The number of fused-ring (bicyclic) bond motifs is 1. The van der Waals surface area contributed by atoms with Gasteiger partial charge >= 0.3 is 0 Å². The van der Waals surface area contributed by atoms with Crippen LogP contribution in [0.1, 0.15) is 11.3 Å². The van der Waals surface area contributed by atoms with Crippen molar-refractivity contribution >= 4 is 12.4 Å². The fraction of sp³-hybridized carbons (Fsp3) is 0.158. The number of hydrogen-bond acceptors (Lipinski definition) is 4. The van der Waals surface area contributed by atoms with Crippen molar-refractivity contribution in [1.29, 1.82) is 0 Å². The monoisotopic (exact) mass is 361 g/mol. The van der Waals surface area contributed by atoms with Crippen molar-refractivity contribution in [3.63, 3.8) is 0 Å². The average Bonchev–Trinajstić information content (AvgIpc) is 3.24. The molecule has 2 heterocycles. The van der Waals surface area contributed by atoms with Gasteiger partial charge in [0.25, 0.3) is 0 Å². The maximum absolute atomic E-state index is 13.0. The van der Waals surface area contributed by atoms with E-state index in [1.54, 1.807) is 12.1 Å². The lowest BCUT2D eigenvalue weighted by Crippen LogP contribution is -2.11. The molecular formula is C19H17ClFNO3. The van der Waals surface area contributed by atoms with E-state index >= 15 is 0 Å². The molecule has 0 amide bonds. The summed E-state index contributed by atoms with van der Waals surface area (Å²) in [7, 11) is 0. The highest BCUT2D eigenvalue weighted by molar-refractivity contribution is 5.85.